The minimum atomic E-state index is -0.520. The fraction of sp³-hybridized carbons (Fsp3) is 0.639. The van der Waals surface area contributed by atoms with Gasteiger partial charge in [0.05, 0.1) is 24.9 Å². The summed E-state index contributed by atoms with van der Waals surface area (Å²) in [5.41, 5.74) is 2.34. The van der Waals surface area contributed by atoms with Crippen molar-refractivity contribution in [2.75, 3.05) is 58.0 Å². The number of anilines is 1. The molecular weight excluding hydrogens is 590 g/mol. The first-order valence-corrected chi connectivity index (χ1v) is 17.1. The Morgan fingerprint density at radius 3 is 2.71 bits per heavy atom. The van der Waals surface area contributed by atoms with E-state index in [9.17, 15) is 4.79 Å². The van der Waals surface area contributed by atoms with Crippen LogP contribution >= 0.6 is 11.6 Å². The first-order chi connectivity index (χ1) is 21.6. The number of hydrogen-bond acceptors (Lipinski definition) is 7. The number of methoxy groups -OCH3 is 1. The molecule has 9 heteroatoms. The average Bonchev–Trinajstić information content (AvgIpc) is 3.04. The second-order valence-corrected chi connectivity index (χ2v) is 14.3. The van der Waals surface area contributed by atoms with Crippen LogP contribution in [0.25, 0.3) is 0 Å². The molecule has 2 aromatic carbocycles. The zero-order valence-corrected chi connectivity index (χ0v) is 28.3. The van der Waals surface area contributed by atoms with Crippen molar-refractivity contribution in [1.82, 2.24) is 10.6 Å². The highest BCUT2D eigenvalue weighted by Crippen LogP contribution is 2.42. The Hall–Kier alpha value is -2.36. The van der Waals surface area contributed by atoms with E-state index in [1.807, 2.05) is 18.2 Å². The summed E-state index contributed by atoms with van der Waals surface area (Å²) in [6, 6.07) is 14.6. The van der Waals surface area contributed by atoms with E-state index in [0.717, 1.165) is 93.9 Å². The molecule has 3 aliphatic heterocycles. The molecule has 0 aromatic heterocycles. The quantitative estimate of drug-likeness (QED) is 0.256. The fourth-order valence-corrected chi connectivity index (χ4v) is 7.02. The van der Waals surface area contributed by atoms with Crippen LogP contribution in [0.15, 0.2) is 42.5 Å². The predicted octanol–water partition coefficient (Wildman–Crippen LogP) is 6.09. The second-order valence-electron chi connectivity index (χ2n) is 13.9. The number of carbonyl (C=O) groups excluding carboxylic acids is 1. The van der Waals surface area contributed by atoms with Gasteiger partial charge in [-0.15, -0.1) is 0 Å². The van der Waals surface area contributed by atoms with Crippen molar-refractivity contribution in [3.05, 3.63) is 58.6 Å². The molecule has 0 radical (unpaired) electrons. The van der Waals surface area contributed by atoms with E-state index < -0.39 is 11.0 Å². The van der Waals surface area contributed by atoms with Crippen molar-refractivity contribution in [2.45, 2.75) is 83.6 Å². The summed E-state index contributed by atoms with van der Waals surface area (Å²) < 4.78 is 23.9. The van der Waals surface area contributed by atoms with Gasteiger partial charge in [-0.1, -0.05) is 43.6 Å². The predicted molar refractivity (Wildman–Crippen MR) is 179 cm³/mol. The van der Waals surface area contributed by atoms with Crippen LogP contribution in [0.3, 0.4) is 0 Å². The summed E-state index contributed by atoms with van der Waals surface area (Å²) in [5.74, 6) is 1.54. The molecule has 2 fully saturated rings. The van der Waals surface area contributed by atoms with E-state index >= 15 is 0 Å². The first kappa shape index (κ1) is 34.0. The monoisotopic (exact) mass is 641 g/mol. The molecule has 5 rings (SSSR count). The van der Waals surface area contributed by atoms with Gasteiger partial charge in [-0.3, -0.25) is 4.79 Å². The van der Waals surface area contributed by atoms with Crippen LogP contribution in [0.4, 0.5) is 5.69 Å². The fourth-order valence-electron chi connectivity index (χ4n) is 6.83. The maximum Gasteiger partial charge on any atom is 0.225 e. The Labute approximate surface area is 274 Å². The second kappa shape index (κ2) is 15.5. The maximum atomic E-state index is 13.0. The number of carbonyl (C=O) groups is 1. The summed E-state index contributed by atoms with van der Waals surface area (Å²) in [6.07, 6.45) is 5.91. The van der Waals surface area contributed by atoms with Crippen LogP contribution in [0.1, 0.15) is 70.4 Å². The van der Waals surface area contributed by atoms with Crippen LogP contribution in [0.2, 0.25) is 5.02 Å². The minimum absolute atomic E-state index is 0.142. The van der Waals surface area contributed by atoms with Crippen LogP contribution in [-0.2, 0) is 31.2 Å². The number of nitrogens with zero attached hydrogens (tertiary/aromatic N) is 1. The number of benzene rings is 2. The van der Waals surface area contributed by atoms with Gasteiger partial charge in [0.15, 0.2) is 0 Å². The number of piperidine rings is 1. The van der Waals surface area contributed by atoms with Gasteiger partial charge >= 0.3 is 0 Å². The average molecular weight is 642 g/mol. The summed E-state index contributed by atoms with van der Waals surface area (Å²) >= 11 is 6.35. The number of fused-ring (bicyclic) bond motifs is 1. The third-order valence-electron chi connectivity index (χ3n) is 9.62. The molecule has 248 valence electrons. The first-order valence-electron chi connectivity index (χ1n) is 16.7. The number of ether oxygens (including phenoxy) is 4. The third kappa shape index (κ3) is 9.13. The van der Waals surface area contributed by atoms with Gasteiger partial charge in [0, 0.05) is 63.0 Å². The maximum absolute atomic E-state index is 13.0. The summed E-state index contributed by atoms with van der Waals surface area (Å²) in [6.45, 7) is 12.2. The summed E-state index contributed by atoms with van der Waals surface area (Å²) in [4.78, 5) is 15.4. The molecule has 45 heavy (non-hydrogen) atoms. The van der Waals surface area contributed by atoms with Crippen molar-refractivity contribution in [1.29, 1.82) is 0 Å². The van der Waals surface area contributed by atoms with Crippen molar-refractivity contribution in [2.24, 2.45) is 11.3 Å². The smallest absolute Gasteiger partial charge is 0.225 e. The molecule has 3 atom stereocenters. The van der Waals surface area contributed by atoms with E-state index in [0.29, 0.717) is 36.7 Å². The van der Waals surface area contributed by atoms with Crippen LogP contribution in [0, 0.1) is 11.3 Å². The zero-order chi connectivity index (χ0) is 31.9. The SMILES string of the molecule is COCCCN1C[C@](C)(c2cccc(Cl)c2)Oc2ccc(CO[C@@H]3CC[C@@H](CC(C)(C)C(=O)NCC4CCOCC4)NC3)cc21. The lowest BCUT2D eigenvalue weighted by atomic mass is 9.82. The van der Waals surface area contributed by atoms with Crippen molar-refractivity contribution < 1.29 is 23.7 Å². The molecule has 2 N–H and O–H groups in total. The number of nitrogens with one attached hydrogen (secondary N) is 2. The van der Waals surface area contributed by atoms with E-state index in [4.69, 9.17) is 30.5 Å². The number of rotatable bonds is 13. The molecule has 0 saturated carbocycles. The van der Waals surface area contributed by atoms with E-state index in [1.165, 1.54) is 0 Å². The Kier molecular flexibility index (Phi) is 11.7. The van der Waals surface area contributed by atoms with Gasteiger partial charge in [-0.25, -0.2) is 0 Å². The standard InChI is InChI=1S/C36H52ClN3O5/c1-35(2,34(41)39-22-26-13-17-43-18-14-26)21-30-10-11-31(23-38-30)44-24-27-9-12-33-32(19-27)40(15-6-16-42-4)25-36(3,45-33)28-7-5-8-29(37)20-28/h5,7-9,12,19-20,26,30-31,38H,6,10-11,13-18,21-25H2,1-4H3,(H,39,41)/t30-,31+,36+/m0/s1. The van der Waals surface area contributed by atoms with Gasteiger partial charge in [0.25, 0.3) is 0 Å². The highest BCUT2D eigenvalue weighted by atomic mass is 35.5. The van der Waals surface area contributed by atoms with Crippen LogP contribution < -0.4 is 20.3 Å². The Bertz CT molecular complexity index is 1260. The van der Waals surface area contributed by atoms with Gasteiger partial charge in [0.1, 0.15) is 11.4 Å². The lowest BCUT2D eigenvalue weighted by Gasteiger charge is -2.43. The number of hydrogen-bond donors (Lipinski definition) is 2. The van der Waals surface area contributed by atoms with E-state index in [1.54, 1.807) is 7.11 Å². The van der Waals surface area contributed by atoms with Crippen LogP contribution in [0.5, 0.6) is 5.75 Å². The molecule has 0 spiro atoms. The molecule has 8 nitrogen and oxygen atoms in total. The molecule has 2 aromatic rings. The van der Waals surface area contributed by atoms with Crippen molar-refractivity contribution in [3.8, 4) is 5.75 Å². The number of halogens is 1. The highest BCUT2D eigenvalue weighted by Gasteiger charge is 2.38. The zero-order valence-electron chi connectivity index (χ0n) is 27.5. The normalized spacial score (nSPS) is 24.2. The summed E-state index contributed by atoms with van der Waals surface area (Å²) in [7, 11) is 1.74. The van der Waals surface area contributed by atoms with E-state index in [-0.39, 0.29) is 12.0 Å². The topological polar surface area (TPSA) is 81.3 Å². The molecule has 3 heterocycles. The highest BCUT2D eigenvalue weighted by molar-refractivity contribution is 6.30. The largest absolute Gasteiger partial charge is 0.479 e. The molecule has 2 saturated heterocycles. The Morgan fingerprint density at radius 2 is 1.98 bits per heavy atom. The third-order valence-corrected chi connectivity index (χ3v) is 9.86. The molecule has 3 aliphatic rings. The minimum Gasteiger partial charge on any atom is -0.479 e. The lowest BCUT2D eigenvalue weighted by molar-refractivity contribution is -0.130. The van der Waals surface area contributed by atoms with Crippen molar-refractivity contribution >= 4 is 23.2 Å². The van der Waals surface area contributed by atoms with Crippen LogP contribution in [-0.4, -0.2) is 71.2 Å². The molecule has 0 aliphatic carbocycles. The van der Waals surface area contributed by atoms with Gasteiger partial charge in [-0.05, 0) is 86.8 Å². The molecule has 0 bridgehead atoms. The van der Waals surface area contributed by atoms with Gasteiger partial charge in [-0.2, -0.15) is 0 Å². The number of amides is 1. The van der Waals surface area contributed by atoms with Gasteiger partial charge < -0.3 is 34.5 Å². The molecule has 0 unspecified atom stereocenters. The van der Waals surface area contributed by atoms with Crippen molar-refractivity contribution in [3.63, 3.8) is 0 Å². The van der Waals surface area contributed by atoms with E-state index in [2.05, 4.69) is 60.6 Å². The molecule has 1 amide bonds. The lowest BCUT2D eigenvalue weighted by Crippen LogP contribution is -2.48. The molecular formula is C36H52ClN3O5. The summed E-state index contributed by atoms with van der Waals surface area (Å²) in [5, 5.41) is 7.59. The van der Waals surface area contributed by atoms with Gasteiger partial charge in [0.2, 0.25) is 5.91 Å². The Balaban J connectivity index is 1.13. The Morgan fingerprint density at radius 1 is 1.16 bits per heavy atom.